The zero-order valence-corrected chi connectivity index (χ0v) is 11.3. The first-order valence-electron chi connectivity index (χ1n) is 6.80. The maximum Gasteiger partial charge on any atom is 0.249 e. The Morgan fingerprint density at radius 3 is 2.21 bits per heavy atom. The minimum Gasteiger partial charge on any atom is -0.368 e. The van der Waals surface area contributed by atoms with Crippen molar-refractivity contribution in [3.05, 3.63) is 28.2 Å². The molecule has 0 aliphatic heterocycles. The van der Waals surface area contributed by atoms with Crippen molar-refractivity contribution in [3.63, 3.8) is 0 Å². The van der Waals surface area contributed by atoms with Crippen molar-refractivity contribution in [2.45, 2.75) is 45.4 Å². The number of pyridine rings is 1. The lowest BCUT2D eigenvalue weighted by Gasteiger charge is -2.05. The fourth-order valence-corrected chi connectivity index (χ4v) is 2.28. The number of nitrogens with zero attached hydrogens (tertiary/aromatic N) is 2. The molecule has 1 aliphatic carbocycles. The number of hydrogen-bond acceptors (Lipinski definition) is 4. The fraction of sp³-hybridized carbons (Fsp3) is 0.500. The molecule has 0 spiro atoms. The standard InChI is InChI=1S/C8H8N4O.C6H12/c1-4-5-2-3-6(13)11-7(5)12-8(9)10-4;1-2-4-6-5-3-1/h2-3H,1H3,(H3,9,10,11,12,13);1-6H2. The third-order valence-corrected chi connectivity index (χ3v) is 3.30. The van der Waals surface area contributed by atoms with Crippen molar-refractivity contribution in [1.82, 2.24) is 15.0 Å². The van der Waals surface area contributed by atoms with Gasteiger partial charge in [0.2, 0.25) is 11.5 Å². The first-order chi connectivity index (χ1) is 9.16. The fourth-order valence-electron chi connectivity index (χ4n) is 2.28. The van der Waals surface area contributed by atoms with Crippen molar-refractivity contribution >= 4 is 17.0 Å². The van der Waals surface area contributed by atoms with E-state index >= 15 is 0 Å². The van der Waals surface area contributed by atoms with Crippen molar-refractivity contribution in [3.8, 4) is 0 Å². The summed E-state index contributed by atoms with van der Waals surface area (Å²) in [7, 11) is 0. The number of nitrogen functional groups attached to an aromatic ring is 1. The number of aryl methyl sites for hydroxylation is 1. The monoisotopic (exact) mass is 260 g/mol. The van der Waals surface area contributed by atoms with Gasteiger partial charge in [0, 0.05) is 11.5 Å². The van der Waals surface area contributed by atoms with Crippen molar-refractivity contribution < 1.29 is 0 Å². The van der Waals surface area contributed by atoms with Crippen LogP contribution >= 0.6 is 0 Å². The van der Waals surface area contributed by atoms with E-state index in [1.807, 2.05) is 6.92 Å². The van der Waals surface area contributed by atoms with E-state index in [1.54, 1.807) is 6.07 Å². The van der Waals surface area contributed by atoms with Crippen LogP contribution in [0.15, 0.2) is 16.9 Å². The molecule has 0 saturated heterocycles. The summed E-state index contributed by atoms with van der Waals surface area (Å²) < 4.78 is 0. The number of hydrogen-bond donors (Lipinski definition) is 2. The summed E-state index contributed by atoms with van der Waals surface area (Å²) >= 11 is 0. The molecule has 1 fully saturated rings. The average molecular weight is 260 g/mol. The van der Waals surface area contributed by atoms with Gasteiger partial charge in [-0.25, -0.2) is 4.98 Å². The van der Waals surface area contributed by atoms with Gasteiger partial charge in [0.15, 0.2) is 0 Å². The zero-order chi connectivity index (χ0) is 13.7. The van der Waals surface area contributed by atoms with Crippen LogP contribution in [0.4, 0.5) is 5.95 Å². The minimum absolute atomic E-state index is 0.173. The highest BCUT2D eigenvalue weighted by molar-refractivity contribution is 5.77. The molecule has 2 aromatic heterocycles. The van der Waals surface area contributed by atoms with E-state index in [2.05, 4.69) is 15.0 Å². The zero-order valence-electron chi connectivity index (χ0n) is 11.3. The van der Waals surface area contributed by atoms with Gasteiger partial charge in [0.25, 0.3) is 0 Å². The van der Waals surface area contributed by atoms with Crippen LogP contribution in [0.25, 0.3) is 11.0 Å². The average Bonchev–Trinajstić information content (AvgIpc) is 2.40. The Kier molecular flexibility index (Phi) is 4.49. The Balaban J connectivity index is 0.000000186. The second-order valence-corrected chi connectivity index (χ2v) is 4.87. The van der Waals surface area contributed by atoms with Crippen LogP contribution in [0.3, 0.4) is 0 Å². The highest BCUT2D eigenvalue weighted by Crippen LogP contribution is 2.15. The van der Waals surface area contributed by atoms with Gasteiger partial charge < -0.3 is 10.7 Å². The molecule has 102 valence electrons. The van der Waals surface area contributed by atoms with Crippen molar-refractivity contribution in [2.75, 3.05) is 5.73 Å². The number of aromatic nitrogens is 3. The molecule has 5 nitrogen and oxygen atoms in total. The molecule has 2 aromatic rings. The molecule has 2 heterocycles. The van der Waals surface area contributed by atoms with Gasteiger partial charge in [-0.2, -0.15) is 4.98 Å². The molecule has 0 atom stereocenters. The quantitative estimate of drug-likeness (QED) is 0.762. The predicted molar refractivity (Wildman–Crippen MR) is 77.0 cm³/mol. The molecular weight excluding hydrogens is 240 g/mol. The Hall–Kier alpha value is -1.91. The van der Waals surface area contributed by atoms with E-state index in [-0.39, 0.29) is 11.5 Å². The van der Waals surface area contributed by atoms with Crippen LogP contribution in [0.1, 0.15) is 44.2 Å². The van der Waals surface area contributed by atoms with E-state index in [9.17, 15) is 4.79 Å². The van der Waals surface area contributed by atoms with Gasteiger partial charge >= 0.3 is 0 Å². The number of aromatic amines is 1. The van der Waals surface area contributed by atoms with Gasteiger partial charge in [-0.3, -0.25) is 4.79 Å². The summed E-state index contributed by atoms with van der Waals surface area (Å²) in [6, 6.07) is 3.12. The van der Waals surface area contributed by atoms with Crippen LogP contribution in [-0.4, -0.2) is 15.0 Å². The van der Waals surface area contributed by atoms with Gasteiger partial charge in [0.05, 0.1) is 5.69 Å². The summed E-state index contributed by atoms with van der Waals surface area (Å²) in [5.41, 5.74) is 6.49. The summed E-state index contributed by atoms with van der Waals surface area (Å²) in [6.45, 7) is 1.82. The SMILES string of the molecule is C1CCCCC1.Cc1nc(N)nc2[nH]c(=O)ccc12. The van der Waals surface area contributed by atoms with E-state index in [0.717, 1.165) is 11.1 Å². The smallest absolute Gasteiger partial charge is 0.249 e. The Bertz CT molecular complexity index is 590. The molecule has 1 aliphatic rings. The molecule has 0 bridgehead atoms. The molecule has 0 unspecified atom stereocenters. The number of rotatable bonds is 0. The Morgan fingerprint density at radius 1 is 1.05 bits per heavy atom. The van der Waals surface area contributed by atoms with Gasteiger partial charge in [-0.15, -0.1) is 0 Å². The van der Waals surface area contributed by atoms with Crippen LogP contribution in [-0.2, 0) is 0 Å². The molecule has 5 heteroatoms. The van der Waals surface area contributed by atoms with Crippen molar-refractivity contribution in [1.29, 1.82) is 0 Å². The van der Waals surface area contributed by atoms with Crippen LogP contribution in [0, 0.1) is 6.92 Å². The van der Waals surface area contributed by atoms with Crippen LogP contribution in [0.2, 0.25) is 0 Å². The Labute approximate surface area is 112 Å². The third kappa shape index (κ3) is 3.77. The molecule has 3 N–H and O–H groups in total. The first kappa shape index (κ1) is 13.5. The van der Waals surface area contributed by atoms with E-state index < -0.39 is 0 Å². The van der Waals surface area contributed by atoms with Crippen molar-refractivity contribution in [2.24, 2.45) is 0 Å². The topological polar surface area (TPSA) is 84.7 Å². The molecule has 0 aromatic carbocycles. The summed E-state index contributed by atoms with van der Waals surface area (Å²) in [5, 5.41) is 0.814. The summed E-state index contributed by atoms with van der Waals surface area (Å²) in [4.78, 5) is 21.4. The van der Waals surface area contributed by atoms with E-state index in [4.69, 9.17) is 5.73 Å². The molecular formula is C14H20N4O. The molecule has 3 rings (SSSR count). The predicted octanol–water partition coefficient (Wildman–Crippen LogP) is 2.55. The summed E-state index contributed by atoms with van der Waals surface area (Å²) in [5.74, 6) is 0.173. The third-order valence-electron chi connectivity index (χ3n) is 3.30. The summed E-state index contributed by atoms with van der Waals surface area (Å²) in [6.07, 6.45) is 9.00. The maximum atomic E-state index is 10.9. The van der Waals surface area contributed by atoms with Gasteiger partial charge in [-0.1, -0.05) is 38.5 Å². The van der Waals surface area contributed by atoms with E-state index in [0.29, 0.717) is 5.65 Å². The maximum absolute atomic E-state index is 10.9. The van der Waals surface area contributed by atoms with Crippen LogP contribution in [0.5, 0.6) is 0 Å². The molecule has 1 saturated carbocycles. The molecule has 19 heavy (non-hydrogen) atoms. The second kappa shape index (κ2) is 6.31. The lowest BCUT2D eigenvalue weighted by atomic mass is 10.0. The number of nitrogens with two attached hydrogens (primary N) is 1. The highest BCUT2D eigenvalue weighted by Gasteiger charge is 2.01. The number of nitrogens with one attached hydrogen (secondary N) is 1. The minimum atomic E-state index is -0.190. The lowest BCUT2D eigenvalue weighted by molar-refractivity contribution is 0.504. The lowest BCUT2D eigenvalue weighted by Crippen LogP contribution is -2.06. The first-order valence-corrected chi connectivity index (χ1v) is 6.80. The van der Waals surface area contributed by atoms with Gasteiger partial charge in [-0.05, 0) is 13.0 Å². The molecule has 0 amide bonds. The normalized spacial score (nSPS) is 14.8. The molecule has 0 radical (unpaired) electrons. The van der Waals surface area contributed by atoms with Crippen LogP contribution < -0.4 is 11.3 Å². The van der Waals surface area contributed by atoms with E-state index in [1.165, 1.54) is 44.6 Å². The Morgan fingerprint density at radius 2 is 1.63 bits per heavy atom. The number of anilines is 1. The number of H-pyrrole nitrogens is 1. The number of fused-ring (bicyclic) bond motifs is 1. The largest absolute Gasteiger partial charge is 0.368 e. The highest BCUT2D eigenvalue weighted by atomic mass is 16.1. The second-order valence-electron chi connectivity index (χ2n) is 4.87. The van der Waals surface area contributed by atoms with Gasteiger partial charge in [0.1, 0.15) is 5.65 Å².